The van der Waals surface area contributed by atoms with Gasteiger partial charge in [-0.05, 0) is 42.7 Å². The number of nitrogens with zero attached hydrogens (tertiary/aromatic N) is 1. The number of rotatable bonds is 4. The third kappa shape index (κ3) is 3.30. The molecule has 0 aliphatic heterocycles. The fraction of sp³-hybridized carbons (Fsp3) is 0.625. The summed E-state index contributed by atoms with van der Waals surface area (Å²) in [5.74, 6) is 1.04. The Hall–Kier alpha value is -1.58. The maximum atomic E-state index is 11.9. The number of carbonyl (C=O) groups is 1. The first kappa shape index (κ1) is 14.8. The third-order valence-corrected chi connectivity index (χ3v) is 4.40. The lowest BCUT2D eigenvalue weighted by molar-refractivity contribution is 0.195. The van der Waals surface area contributed by atoms with E-state index in [1.165, 1.54) is 44.4 Å². The lowest BCUT2D eigenvalue weighted by Crippen LogP contribution is -2.26. The maximum absolute atomic E-state index is 11.9. The largest absolute Gasteiger partial charge is 0.464 e. The van der Waals surface area contributed by atoms with E-state index in [4.69, 9.17) is 5.11 Å². The molecule has 4 nitrogen and oxygen atoms in total. The normalized spacial score (nSPS) is 17.9. The Morgan fingerprint density at radius 1 is 1.40 bits per heavy atom. The fourth-order valence-corrected chi connectivity index (χ4v) is 3.41. The Bertz CT molecular complexity index is 515. The standard InChI is InChI=1S/C16H23NO3/c1-2-6-14(12-7-4-3-5-8-12)13-9-10-17(16(19)20)15(18)11-13/h9-12,14H,2-8H2,1H3,(H,19,20). The van der Waals surface area contributed by atoms with Gasteiger partial charge in [-0.15, -0.1) is 0 Å². The molecule has 0 amide bonds. The van der Waals surface area contributed by atoms with Gasteiger partial charge in [-0.3, -0.25) is 4.79 Å². The van der Waals surface area contributed by atoms with E-state index in [0.717, 1.165) is 23.0 Å². The van der Waals surface area contributed by atoms with Crippen LogP contribution in [-0.4, -0.2) is 15.8 Å². The number of aromatic nitrogens is 1. The summed E-state index contributed by atoms with van der Waals surface area (Å²) in [5, 5.41) is 8.91. The topological polar surface area (TPSA) is 59.3 Å². The molecule has 1 aliphatic carbocycles. The molecule has 1 aromatic rings. The molecule has 0 radical (unpaired) electrons. The van der Waals surface area contributed by atoms with Crippen LogP contribution in [-0.2, 0) is 0 Å². The van der Waals surface area contributed by atoms with Gasteiger partial charge in [-0.25, -0.2) is 9.36 Å². The molecule has 2 rings (SSSR count). The van der Waals surface area contributed by atoms with Crippen LogP contribution in [0.1, 0.15) is 63.4 Å². The highest BCUT2D eigenvalue weighted by atomic mass is 16.4. The second-order valence-corrected chi connectivity index (χ2v) is 5.74. The van der Waals surface area contributed by atoms with Crippen molar-refractivity contribution in [3.8, 4) is 0 Å². The van der Waals surface area contributed by atoms with Crippen molar-refractivity contribution >= 4 is 6.09 Å². The summed E-state index contributed by atoms with van der Waals surface area (Å²) in [6, 6.07) is 3.33. The Labute approximate surface area is 119 Å². The minimum Gasteiger partial charge on any atom is -0.464 e. The average molecular weight is 277 g/mol. The lowest BCUT2D eigenvalue weighted by atomic mass is 9.75. The first-order valence-electron chi connectivity index (χ1n) is 7.59. The second-order valence-electron chi connectivity index (χ2n) is 5.74. The average Bonchev–Trinajstić information content (AvgIpc) is 2.45. The fourth-order valence-electron chi connectivity index (χ4n) is 3.41. The van der Waals surface area contributed by atoms with Gasteiger partial charge < -0.3 is 5.11 Å². The van der Waals surface area contributed by atoms with Crippen LogP contribution in [0.5, 0.6) is 0 Å². The Kier molecular flexibility index (Phi) is 4.99. The van der Waals surface area contributed by atoms with Crippen molar-refractivity contribution in [2.75, 3.05) is 0 Å². The van der Waals surface area contributed by atoms with E-state index in [9.17, 15) is 9.59 Å². The predicted molar refractivity (Wildman–Crippen MR) is 78.3 cm³/mol. The van der Waals surface area contributed by atoms with E-state index in [2.05, 4.69) is 6.92 Å². The van der Waals surface area contributed by atoms with Crippen molar-refractivity contribution in [2.45, 2.75) is 57.8 Å². The van der Waals surface area contributed by atoms with Crippen LogP contribution >= 0.6 is 0 Å². The van der Waals surface area contributed by atoms with Gasteiger partial charge in [0, 0.05) is 12.3 Å². The third-order valence-electron chi connectivity index (χ3n) is 4.40. The van der Waals surface area contributed by atoms with E-state index in [1.807, 2.05) is 6.07 Å². The summed E-state index contributed by atoms with van der Waals surface area (Å²) in [7, 11) is 0. The van der Waals surface area contributed by atoms with Crippen LogP contribution in [0.25, 0.3) is 0 Å². The van der Waals surface area contributed by atoms with Gasteiger partial charge in [0.25, 0.3) is 5.56 Å². The van der Waals surface area contributed by atoms with Crippen LogP contribution in [0.2, 0.25) is 0 Å². The Morgan fingerprint density at radius 3 is 2.65 bits per heavy atom. The molecule has 1 saturated carbocycles. The monoisotopic (exact) mass is 277 g/mol. The molecule has 1 N–H and O–H groups in total. The van der Waals surface area contributed by atoms with Gasteiger partial charge in [0.2, 0.25) is 0 Å². The molecule has 110 valence electrons. The minimum absolute atomic E-state index is 0.399. The summed E-state index contributed by atoms with van der Waals surface area (Å²) in [4.78, 5) is 22.7. The second kappa shape index (κ2) is 6.73. The van der Waals surface area contributed by atoms with Crippen molar-refractivity contribution in [1.29, 1.82) is 0 Å². The van der Waals surface area contributed by atoms with Crippen molar-refractivity contribution in [3.05, 3.63) is 34.2 Å². The molecule has 0 aromatic carbocycles. The predicted octanol–water partition coefficient (Wildman–Crippen LogP) is 3.84. The first-order valence-corrected chi connectivity index (χ1v) is 7.59. The number of hydrogen-bond donors (Lipinski definition) is 1. The molecule has 1 fully saturated rings. The van der Waals surface area contributed by atoms with Crippen LogP contribution in [0.4, 0.5) is 4.79 Å². The molecule has 20 heavy (non-hydrogen) atoms. The number of hydrogen-bond acceptors (Lipinski definition) is 2. The molecular weight excluding hydrogens is 254 g/mol. The number of carboxylic acid groups (broad SMARTS) is 1. The molecule has 1 heterocycles. The van der Waals surface area contributed by atoms with Crippen LogP contribution in [0.3, 0.4) is 0 Å². The maximum Gasteiger partial charge on any atom is 0.418 e. The van der Waals surface area contributed by atoms with E-state index < -0.39 is 11.7 Å². The SMILES string of the molecule is CCCC(c1ccn(C(=O)O)c(=O)c1)C1CCCCC1. The molecular formula is C16H23NO3. The zero-order valence-corrected chi connectivity index (χ0v) is 12.0. The van der Waals surface area contributed by atoms with Crippen LogP contribution < -0.4 is 5.56 Å². The van der Waals surface area contributed by atoms with Crippen molar-refractivity contribution in [1.82, 2.24) is 4.57 Å². The molecule has 1 atom stereocenters. The van der Waals surface area contributed by atoms with Gasteiger partial charge >= 0.3 is 6.09 Å². The van der Waals surface area contributed by atoms with Crippen LogP contribution in [0, 0.1) is 5.92 Å². The molecule has 1 aromatic heterocycles. The van der Waals surface area contributed by atoms with Gasteiger partial charge in [-0.1, -0.05) is 32.6 Å². The van der Waals surface area contributed by atoms with Crippen molar-refractivity contribution < 1.29 is 9.90 Å². The molecule has 0 bridgehead atoms. The highest BCUT2D eigenvalue weighted by molar-refractivity contribution is 5.67. The summed E-state index contributed by atoms with van der Waals surface area (Å²) < 4.78 is 0.743. The van der Waals surface area contributed by atoms with Gasteiger partial charge in [-0.2, -0.15) is 0 Å². The smallest absolute Gasteiger partial charge is 0.418 e. The zero-order valence-electron chi connectivity index (χ0n) is 12.0. The number of pyridine rings is 1. The Morgan fingerprint density at radius 2 is 2.10 bits per heavy atom. The highest BCUT2D eigenvalue weighted by Crippen LogP contribution is 2.38. The minimum atomic E-state index is -1.22. The molecule has 1 unspecified atom stereocenters. The van der Waals surface area contributed by atoms with Gasteiger partial charge in [0.05, 0.1) is 0 Å². The molecule has 0 spiro atoms. The van der Waals surface area contributed by atoms with E-state index in [1.54, 1.807) is 0 Å². The molecule has 1 aliphatic rings. The Balaban J connectivity index is 2.26. The lowest BCUT2D eigenvalue weighted by Gasteiger charge is -2.30. The summed E-state index contributed by atoms with van der Waals surface area (Å²) in [6.45, 7) is 2.16. The van der Waals surface area contributed by atoms with Crippen LogP contribution in [0.15, 0.2) is 23.1 Å². The van der Waals surface area contributed by atoms with E-state index in [0.29, 0.717) is 11.8 Å². The zero-order chi connectivity index (χ0) is 14.5. The first-order chi connectivity index (χ1) is 9.63. The van der Waals surface area contributed by atoms with E-state index >= 15 is 0 Å². The summed E-state index contributed by atoms with van der Waals surface area (Å²) in [5.41, 5.74) is 0.577. The summed E-state index contributed by atoms with van der Waals surface area (Å²) >= 11 is 0. The molecule has 4 heteroatoms. The summed E-state index contributed by atoms with van der Waals surface area (Å²) in [6.07, 6.45) is 8.66. The highest BCUT2D eigenvalue weighted by Gasteiger charge is 2.25. The van der Waals surface area contributed by atoms with Gasteiger partial charge in [0.15, 0.2) is 0 Å². The molecule has 0 saturated heterocycles. The van der Waals surface area contributed by atoms with Crippen molar-refractivity contribution in [2.24, 2.45) is 5.92 Å². The van der Waals surface area contributed by atoms with Crippen molar-refractivity contribution in [3.63, 3.8) is 0 Å². The quantitative estimate of drug-likeness (QED) is 0.909. The van der Waals surface area contributed by atoms with Gasteiger partial charge in [0.1, 0.15) is 0 Å². The van der Waals surface area contributed by atoms with E-state index in [-0.39, 0.29) is 0 Å².